The van der Waals surface area contributed by atoms with E-state index in [9.17, 15) is 14.4 Å². The summed E-state index contributed by atoms with van der Waals surface area (Å²) in [7, 11) is 0. The van der Waals surface area contributed by atoms with Crippen LogP contribution in [-0.4, -0.2) is 53.5 Å². The number of rotatable bonds is 6. The van der Waals surface area contributed by atoms with E-state index < -0.39 is 11.9 Å². The highest BCUT2D eigenvalue weighted by Gasteiger charge is 2.30. The van der Waals surface area contributed by atoms with Crippen molar-refractivity contribution >= 4 is 39.4 Å². The maximum atomic E-state index is 12.6. The van der Waals surface area contributed by atoms with Gasteiger partial charge in [-0.2, -0.15) is 0 Å². The highest BCUT2D eigenvalue weighted by molar-refractivity contribution is 9.10. The van der Waals surface area contributed by atoms with E-state index in [-0.39, 0.29) is 31.6 Å². The third-order valence-electron chi connectivity index (χ3n) is 3.91. The lowest BCUT2D eigenvalue weighted by Crippen LogP contribution is -2.50. The Morgan fingerprint density at radius 1 is 1.46 bits per heavy atom. The van der Waals surface area contributed by atoms with E-state index in [2.05, 4.69) is 15.9 Å². The van der Waals surface area contributed by atoms with Gasteiger partial charge in [0.25, 0.3) is 5.91 Å². The molecule has 130 valence electrons. The number of hydrogen-bond acceptors (Lipinski definition) is 4. The molecule has 1 aliphatic heterocycles. The number of nitrogens with zero attached hydrogens (tertiary/aromatic N) is 2. The van der Waals surface area contributed by atoms with Crippen molar-refractivity contribution in [2.45, 2.75) is 26.3 Å². The number of carbonyl (C=O) groups is 3. The molecule has 0 aliphatic carbocycles. The van der Waals surface area contributed by atoms with Gasteiger partial charge in [-0.15, -0.1) is 0 Å². The van der Waals surface area contributed by atoms with Crippen LogP contribution in [0.2, 0.25) is 0 Å². The number of halogens is 1. The quantitative estimate of drug-likeness (QED) is 0.790. The van der Waals surface area contributed by atoms with Crippen LogP contribution in [0.4, 0.5) is 5.69 Å². The second-order valence-corrected chi connectivity index (χ2v) is 6.47. The summed E-state index contributed by atoms with van der Waals surface area (Å²) >= 11 is 3.33. The van der Waals surface area contributed by atoms with E-state index in [0.717, 1.165) is 4.47 Å². The molecule has 1 heterocycles. The minimum absolute atomic E-state index is 0.154. The third kappa shape index (κ3) is 4.05. The Balaban J connectivity index is 2.23. The van der Waals surface area contributed by atoms with Crippen molar-refractivity contribution in [3.63, 3.8) is 0 Å². The van der Waals surface area contributed by atoms with Crippen molar-refractivity contribution in [1.82, 2.24) is 4.90 Å². The maximum absolute atomic E-state index is 12.6. The van der Waals surface area contributed by atoms with Gasteiger partial charge in [-0.1, -0.05) is 22.9 Å². The van der Waals surface area contributed by atoms with Crippen LogP contribution < -0.4 is 9.64 Å². The number of fused-ring (bicyclic) bond motifs is 1. The summed E-state index contributed by atoms with van der Waals surface area (Å²) in [5, 5.41) is 9.02. The fourth-order valence-corrected chi connectivity index (χ4v) is 2.77. The molecule has 1 atom stereocenters. The molecule has 2 rings (SSSR count). The molecule has 0 aromatic heterocycles. The first kappa shape index (κ1) is 18.3. The van der Waals surface area contributed by atoms with Crippen LogP contribution in [0, 0.1) is 0 Å². The number of hydrogen-bond donors (Lipinski definition) is 1. The normalized spacial score (nSPS) is 14.6. The summed E-state index contributed by atoms with van der Waals surface area (Å²) in [6.07, 6.45) is 0.625. The Hall–Kier alpha value is -2.09. The number of amides is 2. The molecule has 7 nitrogen and oxygen atoms in total. The van der Waals surface area contributed by atoms with Crippen LogP contribution >= 0.6 is 15.9 Å². The van der Waals surface area contributed by atoms with Crippen molar-refractivity contribution < 1.29 is 24.2 Å². The smallest absolute Gasteiger partial charge is 0.323 e. The predicted octanol–water partition coefficient (Wildman–Crippen LogP) is 1.89. The van der Waals surface area contributed by atoms with Gasteiger partial charge < -0.3 is 14.7 Å². The minimum Gasteiger partial charge on any atom is -0.482 e. The van der Waals surface area contributed by atoms with Crippen LogP contribution in [0.25, 0.3) is 0 Å². The van der Waals surface area contributed by atoms with Gasteiger partial charge >= 0.3 is 5.97 Å². The zero-order chi connectivity index (χ0) is 17.9. The average molecular weight is 399 g/mol. The summed E-state index contributed by atoms with van der Waals surface area (Å²) < 4.78 is 6.18. The Labute approximate surface area is 148 Å². The Morgan fingerprint density at radius 3 is 2.79 bits per heavy atom. The number of carboxylic acids is 1. The Morgan fingerprint density at radius 2 is 2.17 bits per heavy atom. The molecule has 0 radical (unpaired) electrons. The minimum atomic E-state index is -1.08. The second kappa shape index (κ2) is 7.65. The summed E-state index contributed by atoms with van der Waals surface area (Å²) in [6, 6.07) is 4.94. The van der Waals surface area contributed by atoms with Gasteiger partial charge in [0.1, 0.15) is 18.8 Å². The molecule has 0 fully saturated rings. The second-order valence-electron chi connectivity index (χ2n) is 5.55. The van der Waals surface area contributed by atoms with Crippen molar-refractivity contribution in [3.05, 3.63) is 22.7 Å². The molecular formula is C16H19BrN2O5. The van der Waals surface area contributed by atoms with E-state index >= 15 is 0 Å². The molecule has 24 heavy (non-hydrogen) atoms. The summed E-state index contributed by atoms with van der Waals surface area (Å²) in [5.74, 6) is -1.32. The van der Waals surface area contributed by atoms with Crippen molar-refractivity contribution in [2.24, 2.45) is 0 Å². The molecule has 8 heteroatoms. The van der Waals surface area contributed by atoms with Crippen molar-refractivity contribution in [1.29, 1.82) is 0 Å². The third-order valence-corrected chi connectivity index (χ3v) is 4.40. The maximum Gasteiger partial charge on any atom is 0.323 e. The molecule has 1 aromatic carbocycles. The number of carboxylic acid groups (broad SMARTS) is 1. The van der Waals surface area contributed by atoms with Gasteiger partial charge in [0, 0.05) is 10.5 Å². The number of carbonyl (C=O) groups excluding carboxylic acids is 2. The van der Waals surface area contributed by atoms with Gasteiger partial charge in [-0.3, -0.25) is 19.3 Å². The van der Waals surface area contributed by atoms with Gasteiger partial charge in [-0.05, 0) is 31.5 Å². The van der Waals surface area contributed by atoms with E-state index in [1.54, 1.807) is 25.1 Å². The highest BCUT2D eigenvalue weighted by Crippen LogP contribution is 2.34. The standard InChI is InChI=1S/C16H19BrN2O5/c1-3-10(2)18(8-16(22)23)14(20)7-19-12-5-4-11(17)6-13(12)24-9-15(19)21/h4-6,10H,3,7-9H2,1-2H3,(H,22,23). The SMILES string of the molecule is CCC(C)N(CC(=O)O)C(=O)CN1C(=O)COc2cc(Br)ccc21. The first-order valence-corrected chi connectivity index (χ1v) is 8.36. The van der Waals surface area contributed by atoms with Gasteiger partial charge in [0.15, 0.2) is 6.61 Å². The van der Waals surface area contributed by atoms with Crippen molar-refractivity contribution in [2.75, 3.05) is 24.6 Å². The fraction of sp³-hybridized carbons (Fsp3) is 0.438. The Kier molecular flexibility index (Phi) is 5.82. The number of anilines is 1. The van der Waals surface area contributed by atoms with Crippen LogP contribution in [0.1, 0.15) is 20.3 Å². The lowest BCUT2D eigenvalue weighted by molar-refractivity contribution is -0.145. The topological polar surface area (TPSA) is 87.2 Å². The molecule has 0 spiro atoms. The summed E-state index contributed by atoms with van der Waals surface area (Å²) in [5.41, 5.74) is 0.502. The fourth-order valence-electron chi connectivity index (χ4n) is 2.43. The van der Waals surface area contributed by atoms with Gasteiger partial charge in [-0.25, -0.2) is 0 Å². The molecule has 1 aliphatic rings. The molecule has 0 bridgehead atoms. The van der Waals surface area contributed by atoms with E-state index in [4.69, 9.17) is 9.84 Å². The zero-order valence-electron chi connectivity index (χ0n) is 13.5. The summed E-state index contributed by atoms with van der Waals surface area (Å²) in [4.78, 5) is 38.4. The van der Waals surface area contributed by atoms with Crippen molar-refractivity contribution in [3.8, 4) is 5.75 Å². The first-order valence-electron chi connectivity index (χ1n) is 7.57. The zero-order valence-corrected chi connectivity index (χ0v) is 15.1. The van der Waals surface area contributed by atoms with Gasteiger partial charge in [0.05, 0.1) is 5.69 Å². The molecule has 1 aromatic rings. The van der Waals surface area contributed by atoms with Crippen LogP contribution in [0.15, 0.2) is 22.7 Å². The predicted molar refractivity (Wildman–Crippen MR) is 91.1 cm³/mol. The largest absolute Gasteiger partial charge is 0.482 e. The average Bonchev–Trinajstić information content (AvgIpc) is 2.54. The highest BCUT2D eigenvalue weighted by atomic mass is 79.9. The van der Waals surface area contributed by atoms with E-state index in [1.165, 1.54) is 9.80 Å². The Bertz CT molecular complexity index is 664. The lowest BCUT2D eigenvalue weighted by atomic mass is 10.2. The molecule has 0 saturated heterocycles. The number of ether oxygens (including phenoxy) is 1. The van der Waals surface area contributed by atoms with Crippen LogP contribution in [-0.2, 0) is 14.4 Å². The van der Waals surface area contributed by atoms with E-state index in [1.807, 2.05) is 6.92 Å². The molecule has 1 unspecified atom stereocenters. The number of aliphatic carboxylic acids is 1. The van der Waals surface area contributed by atoms with Crippen LogP contribution in [0.5, 0.6) is 5.75 Å². The van der Waals surface area contributed by atoms with Gasteiger partial charge in [0.2, 0.25) is 5.91 Å². The van der Waals surface area contributed by atoms with Crippen LogP contribution in [0.3, 0.4) is 0 Å². The lowest BCUT2D eigenvalue weighted by Gasteiger charge is -2.33. The van der Waals surface area contributed by atoms with E-state index in [0.29, 0.717) is 17.9 Å². The first-order chi connectivity index (χ1) is 11.3. The summed E-state index contributed by atoms with van der Waals surface area (Å²) in [6.45, 7) is 2.90. The monoisotopic (exact) mass is 398 g/mol. The molecular weight excluding hydrogens is 380 g/mol. The molecule has 2 amide bonds. The number of benzene rings is 1. The molecule has 0 saturated carbocycles. The molecule has 1 N–H and O–H groups in total.